The van der Waals surface area contributed by atoms with Gasteiger partial charge < -0.3 is 4.90 Å². The largest absolute Gasteiger partial charge is 0.302 e. The fourth-order valence-corrected chi connectivity index (χ4v) is 3.93. The van der Waals surface area contributed by atoms with Crippen LogP contribution in [-0.4, -0.2) is 42.0 Å². The molecule has 2 aromatic carbocycles. The van der Waals surface area contributed by atoms with E-state index in [0.29, 0.717) is 17.2 Å². The van der Waals surface area contributed by atoms with Crippen molar-refractivity contribution in [1.82, 2.24) is 9.88 Å². The topological polar surface area (TPSA) is 36.4 Å². The van der Waals surface area contributed by atoms with Crippen LogP contribution < -0.4 is 4.90 Å². The van der Waals surface area contributed by atoms with Crippen LogP contribution in [0.25, 0.3) is 16.3 Å². The number of halogens is 2. The number of thiazole rings is 1. The minimum Gasteiger partial charge on any atom is -0.302 e. The minimum absolute atomic E-state index is 0. The second-order valence-electron chi connectivity index (χ2n) is 6.37. The zero-order valence-electron chi connectivity index (χ0n) is 16.5. The number of likely N-dealkylation sites (N-methyl/N-ethyl adjacent to an activating group) is 1. The van der Waals surface area contributed by atoms with Crippen LogP contribution in [0, 0.1) is 5.82 Å². The van der Waals surface area contributed by atoms with Gasteiger partial charge in [-0.05, 0) is 42.9 Å². The van der Waals surface area contributed by atoms with Crippen molar-refractivity contribution in [2.75, 3.05) is 31.1 Å². The molecular weight excluding hydrogens is 409 g/mol. The Morgan fingerprint density at radius 1 is 1.10 bits per heavy atom. The number of carbonyl (C=O) groups excluding carboxylic acids is 1. The molecule has 1 amide bonds. The molecular formula is C22H25ClFN3OS. The number of rotatable bonds is 8. The molecule has 0 saturated heterocycles. The van der Waals surface area contributed by atoms with E-state index in [-0.39, 0.29) is 24.1 Å². The van der Waals surface area contributed by atoms with Gasteiger partial charge in [-0.1, -0.05) is 55.5 Å². The average molecular weight is 434 g/mol. The van der Waals surface area contributed by atoms with E-state index in [4.69, 9.17) is 0 Å². The summed E-state index contributed by atoms with van der Waals surface area (Å²) in [5.41, 5.74) is 1.67. The van der Waals surface area contributed by atoms with E-state index in [1.54, 1.807) is 23.1 Å². The fourth-order valence-electron chi connectivity index (χ4n) is 2.90. The van der Waals surface area contributed by atoms with Gasteiger partial charge in [0.05, 0.1) is 10.2 Å². The standard InChI is InChI=1S/C22H24FN3OS.ClH/c1-3-25(4-2)14-15-26(21(27)13-10-17-8-6-5-7-9-17)22-24-19-12-11-18(23)16-20(19)28-22;/h5-13,16H,3-4,14-15H2,1-2H3;1H. The monoisotopic (exact) mass is 433 g/mol. The van der Waals surface area contributed by atoms with Crippen LogP contribution in [0.3, 0.4) is 0 Å². The van der Waals surface area contributed by atoms with Gasteiger partial charge in [0, 0.05) is 19.2 Å². The summed E-state index contributed by atoms with van der Waals surface area (Å²) in [6.07, 6.45) is 3.38. The van der Waals surface area contributed by atoms with E-state index in [1.807, 2.05) is 30.3 Å². The zero-order chi connectivity index (χ0) is 19.9. The predicted molar refractivity (Wildman–Crippen MR) is 122 cm³/mol. The molecule has 3 aromatic rings. The van der Waals surface area contributed by atoms with Crippen LogP contribution in [0.2, 0.25) is 0 Å². The van der Waals surface area contributed by atoms with E-state index in [2.05, 4.69) is 23.7 Å². The maximum Gasteiger partial charge on any atom is 0.252 e. The molecule has 0 unspecified atom stereocenters. The van der Waals surface area contributed by atoms with E-state index in [1.165, 1.54) is 23.5 Å². The van der Waals surface area contributed by atoms with E-state index >= 15 is 0 Å². The number of amides is 1. The maximum absolute atomic E-state index is 13.5. The third kappa shape index (κ3) is 6.10. The Morgan fingerprint density at radius 2 is 1.83 bits per heavy atom. The molecule has 0 atom stereocenters. The normalized spacial score (nSPS) is 11.2. The molecule has 0 N–H and O–H groups in total. The Bertz CT molecular complexity index is 957. The SMILES string of the molecule is CCN(CC)CCN(C(=O)C=Cc1ccccc1)c1nc2ccc(F)cc2s1.Cl. The Labute approximate surface area is 181 Å². The van der Waals surface area contributed by atoms with Crippen molar-refractivity contribution in [2.45, 2.75) is 13.8 Å². The van der Waals surface area contributed by atoms with Gasteiger partial charge in [0.2, 0.25) is 0 Å². The molecule has 0 fully saturated rings. The highest BCUT2D eigenvalue weighted by atomic mass is 35.5. The Hall–Kier alpha value is -2.28. The van der Waals surface area contributed by atoms with Crippen LogP contribution >= 0.6 is 23.7 Å². The van der Waals surface area contributed by atoms with Crippen molar-refractivity contribution in [3.8, 4) is 0 Å². The molecule has 0 aliphatic carbocycles. The highest BCUT2D eigenvalue weighted by Gasteiger charge is 2.19. The van der Waals surface area contributed by atoms with Gasteiger partial charge in [0.25, 0.3) is 5.91 Å². The second kappa shape index (κ2) is 11.0. The number of fused-ring (bicyclic) bond motifs is 1. The molecule has 0 aliphatic heterocycles. The number of benzene rings is 2. The average Bonchev–Trinajstić information content (AvgIpc) is 3.13. The number of nitrogens with zero attached hydrogens (tertiary/aromatic N) is 3. The molecule has 0 spiro atoms. The summed E-state index contributed by atoms with van der Waals surface area (Å²) in [4.78, 5) is 21.5. The summed E-state index contributed by atoms with van der Waals surface area (Å²) in [5, 5.41) is 0.593. The summed E-state index contributed by atoms with van der Waals surface area (Å²) >= 11 is 1.34. The van der Waals surface area contributed by atoms with Gasteiger partial charge in [0.1, 0.15) is 5.82 Å². The zero-order valence-corrected chi connectivity index (χ0v) is 18.2. The summed E-state index contributed by atoms with van der Waals surface area (Å²) in [5.74, 6) is -0.428. The van der Waals surface area contributed by atoms with Crippen LogP contribution in [-0.2, 0) is 4.79 Å². The smallest absolute Gasteiger partial charge is 0.252 e. The molecule has 0 saturated carbocycles. The third-order valence-electron chi connectivity index (χ3n) is 4.59. The van der Waals surface area contributed by atoms with E-state index in [0.717, 1.165) is 29.9 Å². The highest BCUT2D eigenvalue weighted by Crippen LogP contribution is 2.29. The van der Waals surface area contributed by atoms with Crippen LogP contribution in [0.4, 0.5) is 9.52 Å². The van der Waals surface area contributed by atoms with Crippen LogP contribution in [0.5, 0.6) is 0 Å². The molecule has 7 heteroatoms. The van der Waals surface area contributed by atoms with E-state index in [9.17, 15) is 9.18 Å². The number of anilines is 1. The molecule has 0 bridgehead atoms. The van der Waals surface area contributed by atoms with Crippen molar-refractivity contribution in [3.63, 3.8) is 0 Å². The molecule has 0 aliphatic rings. The summed E-state index contributed by atoms with van der Waals surface area (Å²) in [6.45, 7) is 7.33. The number of hydrogen-bond donors (Lipinski definition) is 0. The number of hydrogen-bond acceptors (Lipinski definition) is 4. The van der Waals surface area contributed by atoms with Crippen molar-refractivity contribution in [3.05, 3.63) is 66.0 Å². The van der Waals surface area contributed by atoms with Gasteiger partial charge in [-0.25, -0.2) is 9.37 Å². The lowest BCUT2D eigenvalue weighted by atomic mass is 10.2. The minimum atomic E-state index is -0.298. The molecule has 1 aromatic heterocycles. The summed E-state index contributed by atoms with van der Waals surface area (Å²) in [7, 11) is 0. The quantitative estimate of drug-likeness (QED) is 0.455. The van der Waals surface area contributed by atoms with E-state index < -0.39 is 0 Å². The first-order valence-corrected chi connectivity index (χ1v) is 10.3. The molecule has 29 heavy (non-hydrogen) atoms. The van der Waals surface area contributed by atoms with Crippen molar-refractivity contribution in [2.24, 2.45) is 0 Å². The van der Waals surface area contributed by atoms with Crippen LogP contribution in [0.15, 0.2) is 54.6 Å². The van der Waals surface area contributed by atoms with Crippen LogP contribution in [0.1, 0.15) is 19.4 Å². The van der Waals surface area contributed by atoms with Gasteiger partial charge in [0.15, 0.2) is 5.13 Å². The van der Waals surface area contributed by atoms with Crippen molar-refractivity contribution in [1.29, 1.82) is 0 Å². The van der Waals surface area contributed by atoms with Crippen molar-refractivity contribution >= 4 is 51.1 Å². The van der Waals surface area contributed by atoms with Gasteiger partial charge in [-0.2, -0.15) is 0 Å². The summed E-state index contributed by atoms with van der Waals surface area (Å²) < 4.78 is 14.3. The highest BCUT2D eigenvalue weighted by molar-refractivity contribution is 7.22. The maximum atomic E-state index is 13.5. The number of aromatic nitrogens is 1. The second-order valence-corrected chi connectivity index (χ2v) is 7.38. The lowest BCUT2D eigenvalue weighted by Gasteiger charge is -2.23. The van der Waals surface area contributed by atoms with Gasteiger partial charge >= 0.3 is 0 Å². The predicted octanol–water partition coefficient (Wildman–Crippen LogP) is 5.25. The Balaban J connectivity index is 0.00000300. The third-order valence-corrected chi connectivity index (χ3v) is 5.63. The molecule has 154 valence electrons. The lowest BCUT2D eigenvalue weighted by Crippen LogP contribution is -2.38. The van der Waals surface area contributed by atoms with Crippen molar-refractivity contribution < 1.29 is 9.18 Å². The lowest BCUT2D eigenvalue weighted by molar-refractivity contribution is -0.114. The first kappa shape index (κ1) is 23.0. The molecule has 1 heterocycles. The van der Waals surface area contributed by atoms with Gasteiger partial charge in [-0.15, -0.1) is 12.4 Å². The fraction of sp³-hybridized carbons (Fsp3) is 0.273. The van der Waals surface area contributed by atoms with Gasteiger partial charge in [-0.3, -0.25) is 9.69 Å². The first-order chi connectivity index (χ1) is 13.6. The molecule has 4 nitrogen and oxygen atoms in total. The molecule has 0 radical (unpaired) electrons. The number of carbonyl (C=O) groups is 1. The molecule has 3 rings (SSSR count). The summed E-state index contributed by atoms with van der Waals surface area (Å²) in [6, 6.07) is 14.2. The Morgan fingerprint density at radius 3 is 2.52 bits per heavy atom. The Kier molecular flexibility index (Phi) is 8.76. The first-order valence-electron chi connectivity index (χ1n) is 9.43.